The third-order valence-corrected chi connectivity index (χ3v) is 5.31. The van der Waals surface area contributed by atoms with Gasteiger partial charge in [-0.15, -0.1) is 6.42 Å². The molecule has 0 bridgehead atoms. The molecule has 1 fully saturated rings. The number of ether oxygens (including phenoxy) is 2. The minimum absolute atomic E-state index is 0.0738. The summed E-state index contributed by atoms with van der Waals surface area (Å²) in [5.41, 5.74) is 2.55. The number of barbiturate groups is 1. The van der Waals surface area contributed by atoms with Crippen LogP contribution < -0.4 is 19.7 Å². The van der Waals surface area contributed by atoms with Gasteiger partial charge >= 0.3 is 6.03 Å². The van der Waals surface area contributed by atoms with Gasteiger partial charge in [-0.25, -0.2) is 9.69 Å². The fraction of sp³-hybridized carbons (Fsp3) is 0.208. The van der Waals surface area contributed by atoms with Crippen LogP contribution in [0.4, 0.5) is 10.5 Å². The first-order valence-electron chi connectivity index (χ1n) is 9.77. The lowest BCUT2D eigenvalue weighted by Crippen LogP contribution is -2.54. The summed E-state index contributed by atoms with van der Waals surface area (Å²) in [6.07, 6.45) is 6.71. The van der Waals surface area contributed by atoms with Crippen LogP contribution >= 0.6 is 22.6 Å². The smallest absolute Gasteiger partial charge is 0.335 e. The maximum atomic E-state index is 13.2. The van der Waals surface area contributed by atoms with Crippen molar-refractivity contribution in [3.05, 3.63) is 56.2 Å². The fourth-order valence-electron chi connectivity index (χ4n) is 3.33. The molecule has 1 heterocycles. The van der Waals surface area contributed by atoms with Gasteiger partial charge in [-0.1, -0.05) is 12.0 Å². The molecule has 1 saturated heterocycles. The fourth-order valence-corrected chi connectivity index (χ4v) is 4.11. The van der Waals surface area contributed by atoms with Gasteiger partial charge in [0.05, 0.1) is 15.9 Å². The molecule has 1 aliphatic rings. The van der Waals surface area contributed by atoms with Crippen LogP contribution in [-0.4, -0.2) is 31.1 Å². The Balaban J connectivity index is 2.04. The lowest BCUT2D eigenvalue weighted by atomic mass is 10.0. The first kappa shape index (κ1) is 23.3. The van der Waals surface area contributed by atoms with Crippen LogP contribution in [0.2, 0.25) is 0 Å². The standard InChI is InChI=1S/C24H21IN2O5/c1-5-7-32-21-19(25)12-16(13-20(21)31-6-2)11-18-22(28)26-24(30)27(23(18)29)17-9-14(3)8-15(4)10-17/h1,8-13H,6-7H2,2-4H3,(H,26,28,30)/b18-11+. The van der Waals surface area contributed by atoms with E-state index in [2.05, 4.69) is 33.8 Å². The summed E-state index contributed by atoms with van der Waals surface area (Å²) in [6.45, 7) is 6.02. The molecule has 8 heteroatoms. The monoisotopic (exact) mass is 544 g/mol. The lowest BCUT2D eigenvalue weighted by Gasteiger charge is -2.27. The van der Waals surface area contributed by atoms with Gasteiger partial charge in [-0.3, -0.25) is 14.9 Å². The number of halogens is 1. The van der Waals surface area contributed by atoms with Gasteiger partial charge in [-0.05, 0) is 90.4 Å². The van der Waals surface area contributed by atoms with E-state index in [9.17, 15) is 14.4 Å². The summed E-state index contributed by atoms with van der Waals surface area (Å²) in [4.78, 5) is 39.1. The number of nitrogens with zero attached hydrogens (tertiary/aromatic N) is 1. The second-order valence-corrected chi connectivity index (χ2v) is 8.22. The predicted molar refractivity (Wildman–Crippen MR) is 130 cm³/mol. The number of benzene rings is 2. The Morgan fingerprint density at radius 3 is 2.41 bits per heavy atom. The molecule has 32 heavy (non-hydrogen) atoms. The van der Waals surface area contributed by atoms with Gasteiger partial charge in [0, 0.05) is 0 Å². The van der Waals surface area contributed by atoms with Crippen molar-refractivity contribution in [3.63, 3.8) is 0 Å². The van der Waals surface area contributed by atoms with Gasteiger partial charge in [0.2, 0.25) is 0 Å². The zero-order valence-electron chi connectivity index (χ0n) is 17.8. The van der Waals surface area contributed by atoms with Crippen molar-refractivity contribution in [1.82, 2.24) is 5.32 Å². The molecule has 0 spiro atoms. The molecule has 164 valence electrons. The average Bonchev–Trinajstić information content (AvgIpc) is 2.70. The topological polar surface area (TPSA) is 84.9 Å². The summed E-state index contributed by atoms with van der Waals surface area (Å²) in [5.74, 6) is 1.86. The number of terminal acetylenes is 1. The average molecular weight is 544 g/mol. The van der Waals surface area contributed by atoms with Gasteiger partial charge < -0.3 is 9.47 Å². The number of hydrogen-bond acceptors (Lipinski definition) is 5. The van der Waals surface area contributed by atoms with E-state index in [1.165, 1.54) is 6.08 Å². The van der Waals surface area contributed by atoms with Crippen LogP contribution in [0, 0.1) is 29.8 Å². The van der Waals surface area contributed by atoms with E-state index in [0.29, 0.717) is 32.9 Å². The maximum absolute atomic E-state index is 13.2. The SMILES string of the molecule is C#CCOc1c(I)cc(/C=C2\C(=O)NC(=O)N(c3cc(C)cc(C)c3)C2=O)cc1OCC. The van der Waals surface area contributed by atoms with Crippen LogP contribution in [0.3, 0.4) is 0 Å². The van der Waals surface area contributed by atoms with E-state index in [-0.39, 0.29) is 12.2 Å². The first-order valence-corrected chi connectivity index (χ1v) is 10.8. The Morgan fingerprint density at radius 1 is 1.09 bits per heavy atom. The Bertz CT molecular complexity index is 1160. The van der Waals surface area contributed by atoms with Crippen molar-refractivity contribution in [2.24, 2.45) is 0 Å². The maximum Gasteiger partial charge on any atom is 0.335 e. The van der Waals surface area contributed by atoms with Gasteiger partial charge in [0.1, 0.15) is 12.2 Å². The van der Waals surface area contributed by atoms with E-state index < -0.39 is 17.8 Å². The van der Waals surface area contributed by atoms with Crippen molar-refractivity contribution in [3.8, 4) is 23.8 Å². The summed E-state index contributed by atoms with van der Waals surface area (Å²) in [7, 11) is 0. The van der Waals surface area contributed by atoms with Crippen LogP contribution in [0.15, 0.2) is 35.9 Å². The number of carbonyl (C=O) groups excluding carboxylic acids is 3. The van der Waals surface area contributed by atoms with E-state index in [4.69, 9.17) is 15.9 Å². The third kappa shape index (κ3) is 4.94. The molecular formula is C24H21IN2O5. The molecule has 2 aromatic rings. The molecule has 3 rings (SSSR count). The Hall–Kier alpha value is -3.32. The minimum Gasteiger partial charge on any atom is -0.490 e. The number of nitrogens with one attached hydrogen (secondary N) is 1. The molecule has 0 unspecified atom stereocenters. The van der Waals surface area contributed by atoms with E-state index in [1.54, 1.807) is 24.3 Å². The van der Waals surface area contributed by atoms with E-state index >= 15 is 0 Å². The molecule has 7 nitrogen and oxygen atoms in total. The van der Waals surface area contributed by atoms with Crippen LogP contribution in [0.1, 0.15) is 23.6 Å². The number of amides is 4. The van der Waals surface area contributed by atoms with E-state index in [1.807, 2.05) is 26.8 Å². The second-order valence-electron chi connectivity index (χ2n) is 7.06. The van der Waals surface area contributed by atoms with Crippen LogP contribution in [0.5, 0.6) is 11.5 Å². The number of anilines is 1. The van der Waals surface area contributed by atoms with Gasteiger partial charge in [0.15, 0.2) is 11.5 Å². The molecular weight excluding hydrogens is 523 g/mol. The second kappa shape index (κ2) is 9.87. The summed E-state index contributed by atoms with van der Waals surface area (Å²) >= 11 is 2.07. The lowest BCUT2D eigenvalue weighted by molar-refractivity contribution is -0.122. The normalized spacial score (nSPS) is 14.9. The Kier molecular flexibility index (Phi) is 7.20. The largest absolute Gasteiger partial charge is 0.490 e. The van der Waals surface area contributed by atoms with Crippen molar-refractivity contribution in [2.75, 3.05) is 18.1 Å². The highest BCUT2D eigenvalue weighted by Crippen LogP contribution is 2.35. The highest BCUT2D eigenvalue weighted by Gasteiger charge is 2.37. The molecule has 1 aliphatic heterocycles. The van der Waals surface area contributed by atoms with Gasteiger partial charge in [0.25, 0.3) is 11.8 Å². The summed E-state index contributed by atoms with van der Waals surface area (Å²) < 4.78 is 11.9. The Morgan fingerprint density at radius 2 is 1.78 bits per heavy atom. The number of imide groups is 2. The summed E-state index contributed by atoms with van der Waals surface area (Å²) in [5, 5.41) is 2.24. The Labute approximate surface area is 199 Å². The molecule has 4 amide bonds. The zero-order valence-corrected chi connectivity index (χ0v) is 20.0. The van der Waals surface area contributed by atoms with Gasteiger partial charge in [-0.2, -0.15) is 0 Å². The van der Waals surface area contributed by atoms with Crippen molar-refractivity contribution >= 4 is 52.2 Å². The van der Waals surface area contributed by atoms with Crippen molar-refractivity contribution in [2.45, 2.75) is 20.8 Å². The zero-order chi connectivity index (χ0) is 23.4. The van der Waals surface area contributed by atoms with Crippen molar-refractivity contribution < 1.29 is 23.9 Å². The molecule has 0 saturated carbocycles. The van der Waals surface area contributed by atoms with Crippen LogP contribution in [-0.2, 0) is 9.59 Å². The quantitative estimate of drug-likeness (QED) is 0.258. The highest BCUT2D eigenvalue weighted by atomic mass is 127. The number of carbonyl (C=O) groups is 3. The highest BCUT2D eigenvalue weighted by molar-refractivity contribution is 14.1. The summed E-state index contributed by atoms with van der Waals surface area (Å²) in [6, 6.07) is 7.96. The number of aryl methyl sites for hydroxylation is 2. The number of rotatable bonds is 6. The molecule has 0 atom stereocenters. The number of urea groups is 1. The minimum atomic E-state index is -0.787. The van der Waals surface area contributed by atoms with Crippen LogP contribution in [0.25, 0.3) is 6.08 Å². The third-order valence-electron chi connectivity index (χ3n) is 4.51. The molecule has 1 N–H and O–H groups in total. The molecule has 0 aliphatic carbocycles. The van der Waals surface area contributed by atoms with Crippen molar-refractivity contribution in [1.29, 1.82) is 0 Å². The molecule has 0 aromatic heterocycles. The molecule has 0 radical (unpaired) electrons. The first-order chi connectivity index (χ1) is 15.2. The van der Waals surface area contributed by atoms with E-state index in [0.717, 1.165) is 16.0 Å². The number of hydrogen-bond donors (Lipinski definition) is 1. The predicted octanol–water partition coefficient (Wildman–Crippen LogP) is 3.99. The molecule has 2 aromatic carbocycles.